The van der Waals surface area contributed by atoms with Crippen molar-refractivity contribution in [1.29, 1.82) is 0 Å². The number of aromatic nitrogens is 2. The average molecular weight is 444 g/mol. The van der Waals surface area contributed by atoms with E-state index in [0.29, 0.717) is 29.7 Å². The molecule has 30 heavy (non-hydrogen) atoms. The maximum Gasteiger partial charge on any atom is 0.247 e. The fourth-order valence-electron chi connectivity index (χ4n) is 4.05. The highest BCUT2D eigenvalue weighted by Crippen LogP contribution is 2.36. The summed E-state index contributed by atoms with van der Waals surface area (Å²) < 4.78 is 31.3. The first kappa shape index (κ1) is 21.3. The molecule has 0 bridgehead atoms. The molecule has 2 heterocycles. The van der Waals surface area contributed by atoms with E-state index >= 15 is 0 Å². The molecule has 0 unspecified atom stereocenters. The highest BCUT2D eigenvalue weighted by molar-refractivity contribution is 7.89. The minimum absolute atomic E-state index is 0.297. The van der Waals surface area contributed by atoms with Crippen molar-refractivity contribution in [2.75, 3.05) is 6.54 Å². The van der Waals surface area contributed by atoms with Crippen LogP contribution in [0.2, 0.25) is 0 Å². The second-order valence-corrected chi connectivity index (χ2v) is 10.8. The monoisotopic (exact) mass is 443 g/mol. The number of thiophene rings is 1. The van der Waals surface area contributed by atoms with Crippen molar-refractivity contribution < 1.29 is 8.42 Å². The molecular formula is C23H29N3O2S2. The Balaban J connectivity index is 1.74. The lowest BCUT2D eigenvalue weighted by Gasteiger charge is -2.22. The second kappa shape index (κ2) is 9.45. The quantitative estimate of drug-likeness (QED) is 0.425. The Morgan fingerprint density at radius 3 is 2.57 bits per heavy atom. The number of hydrogen-bond acceptors (Lipinski definition) is 4. The predicted octanol–water partition coefficient (Wildman–Crippen LogP) is 5.72. The SMILES string of the molecule is CCCCN(Cc1ccccc1)S(=O)(=O)c1cn(C2CCCC2)nc1-c1cccs1. The molecule has 1 aliphatic rings. The molecular weight excluding hydrogens is 414 g/mol. The highest BCUT2D eigenvalue weighted by Gasteiger charge is 2.32. The summed E-state index contributed by atoms with van der Waals surface area (Å²) in [5, 5.41) is 6.76. The third-order valence-electron chi connectivity index (χ3n) is 5.73. The summed E-state index contributed by atoms with van der Waals surface area (Å²) >= 11 is 1.54. The summed E-state index contributed by atoms with van der Waals surface area (Å²) in [6.45, 7) is 2.97. The maximum atomic E-state index is 13.9. The standard InChI is InChI=1S/C23H29N3O2S2/c1-2-3-15-25(17-19-10-5-4-6-11-19)30(27,28)22-18-26(20-12-7-8-13-20)24-23(22)21-14-9-16-29-21/h4-6,9-11,14,16,18,20H,2-3,7-8,12-13,15,17H2,1H3. The third kappa shape index (κ3) is 4.53. The van der Waals surface area contributed by atoms with Crippen LogP contribution in [-0.2, 0) is 16.6 Å². The molecule has 0 aliphatic heterocycles. The molecule has 1 fully saturated rings. The van der Waals surface area contributed by atoms with E-state index in [0.717, 1.165) is 36.1 Å². The number of nitrogens with zero attached hydrogens (tertiary/aromatic N) is 3. The minimum atomic E-state index is -3.68. The van der Waals surface area contributed by atoms with E-state index in [4.69, 9.17) is 5.10 Å². The first-order valence-corrected chi connectivity index (χ1v) is 13.1. The molecule has 5 nitrogen and oxygen atoms in total. The van der Waals surface area contributed by atoms with Crippen LogP contribution in [0.1, 0.15) is 57.1 Å². The Bertz CT molecular complexity index is 1040. The van der Waals surface area contributed by atoms with Crippen LogP contribution in [0.25, 0.3) is 10.6 Å². The van der Waals surface area contributed by atoms with Crippen molar-refractivity contribution in [2.24, 2.45) is 0 Å². The topological polar surface area (TPSA) is 55.2 Å². The van der Waals surface area contributed by atoms with Crippen LogP contribution in [0.5, 0.6) is 0 Å². The fourth-order valence-corrected chi connectivity index (χ4v) is 6.44. The Kier molecular flexibility index (Phi) is 6.71. The van der Waals surface area contributed by atoms with Gasteiger partial charge in [0.15, 0.2) is 0 Å². The van der Waals surface area contributed by atoms with Crippen LogP contribution < -0.4 is 0 Å². The molecule has 0 radical (unpaired) electrons. The van der Waals surface area contributed by atoms with Crippen LogP contribution in [0.4, 0.5) is 0 Å². The molecule has 4 rings (SSSR count). The van der Waals surface area contributed by atoms with E-state index in [2.05, 4.69) is 6.92 Å². The van der Waals surface area contributed by atoms with Crippen molar-refractivity contribution in [3.8, 4) is 10.6 Å². The number of rotatable bonds is 9. The fraction of sp³-hybridized carbons (Fsp3) is 0.435. The van der Waals surface area contributed by atoms with Gasteiger partial charge in [-0.05, 0) is 36.3 Å². The van der Waals surface area contributed by atoms with Crippen molar-refractivity contribution in [1.82, 2.24) is 14.1 Å². The lowest BCUT2D eigenvalue weighted by molar-refractivity contribution is 0.398. The molecule has 7 heteroatoms. The Hall–Kier alpha value is -1.96. The number of benzene rings is 1. The van der Waals surface area contributed by atoms with Gasteiger partial charge in [-0.15, -0.1) is 11.3 Å². The molecule has 3 aromatic rings. The number of sulfonamides is 1. The summed E-state index contributed by atoms with van der Waals surface area (Å²) in [7, 11) is -3.68. The lowest BCUT2D eigenvalue weighted by Crippen LogP contribution is -2.31. The summed E-state index contributed by atoms with van der Waals surface area (Å²) in [5.41, 5.74) is 1.59. The molecule has 0 atom stereocenters. The average Bonchev–Trinajstić information content (AvgIpc) is 3.52. The van der Waals surface area contributed by atoms with Gasteiger partial charge in [-0.3, -0.25) is 4.68 Å². The predicted molar refractivity (Wildman–Crippen MR) is 122 cm³/mol. The van der Waals surface area contributed by atoms with E-state index in [9.17, 15) is 8.42 Å². The van der Waals surface area contributed by atoms with Gasteiger partial charge in [-0.25, -0.2) is 8.42 Å². The van der Waals surface area contributed by atoms with Crippen molar-refractivity contribution in [2.45, 2.75) is 62.9 Å². The van der Waals surface area contributed by atoms with Crippen LogP contribution >= 0.6 is 11.3 Å². The molecule has 2 aromatic heterocycles. The van der Waals surface area contributed by atoms with E-state index in [1.54, 1.807) is 10.5 Å². The first-order chi connectivity index (χ1) is 14.6. The molecule has 0 spiro atoms. The van der Waals surface area contributed by atoms with Gasteiger partial charge in [0.05, 0.1) is 10.9 Å². The Morgan fingerprint density at radius 1 is 1.13 bits per heavy atom. The van der Waals surface area contributed by atoms with Crippen LogP contribution in [-0.4, -0.2) is 29.0 Å². The normalized spacial score (nSPS) is 15.3. The van der Waals surface area contributed by atoms with Gasteiger partial charge < -0.3 is 0 Å². The summed E-state index contributed by atoms with van der Waals surface area (Å²) in [6.07, 6.45) is 8.04. The van der Waals surface area contributed by atoms with E-state index in [1.165, 1.54) is 24.2 Å². The van der Waals surface area contributed by atoms with Gasteiger partial charge in [0.1, 0.15) is 10.6 Å². The summed E-state index contributed by atoms with van der Waals surface area (Å²) in [5.74, 6) is 0. The van der Waals surface area contributed by atoms with Gasteiger partial charge >= 0.3 is 0 Å². The molecule has 1 aliphatic carbocycles. The maximum absolute atomic E-state index is 13.9. The molecule has 0 saturated heterocycles. The van der Waals surface area contributed by atoms with Crippen LogP contribution in [0.15, 0.2) is 58.9 Å². The van der Waals surface area contributed by atoms with Gasteiger partial charge in [0.25, 0.3) is 0 Å². The first-order valence-electron chi connectivity index (χ1n) is 10.8. The minimum Gasteiger partial charge on any atom is -0.268 e. The van der Waals surface area contributed by atoms with E-state index in [1.807, 2.05) is 52.5 Å². The van der Waals surface area contributed by atoms with Gasteiger partial charge in [-0.2, -0.15) is 9.40 Å². The molecule has 160 valence electrons. The van der Waals surface area contributed by atoms with Gasteiger partial charge in [0.2, 0.25) is 10.0 Å². The van der Waals surface area contributed by atoms with E-state index < -0.39 is 10.0 Å². The Labute approximate surface area is 183 Å². The largest absolute Gasteiger partial charge is 0.268 e. The van der Waals surface area contributed by atoms with E-state index in [-0.39, 0.29) is 0 Å². The smallest absolute Gasteiger partial charge is 0.247 e. The van der Waals surface area contributed by atoms with Crippen LogP contribution in [0, 0.1) is 0 Å². The lowest BCUT2D eigenvalue weighted by atomic mass is 10.2. The summed E-state index contributed by atoms with van der Waals surface area (Å²) in [6, 6.07) is 14.0. The Morgan fingerprint density at radius 2 is 1.90 bits per heavy atom. The van der Waals surface area contributed by atoms with Crippen molar-refractivity contribution in [3.63, 3.8) is 0 Å². The van der Waals surface area contributed by atoms with Gasteiger partial charge in [0, 0.05) is 19.3 Å². The summed E-state index contributed by atoms with van der Waals surface area (Å²) in [4.78, 5) is 1.24. The highest BCUT2D eigenvalue weighted by atomic mass is 32.2. The zero-order valence-electron chi connectivity index (χ0n) is 17.4. The number of unbranched alkanes of at least 4 members (excludes halogenated alkanes) is 1. The molecule has 0 N–H and O–H groups in total. The second-order valence-electron chi connectivity index (χ2n) is 7.92. The zero-order chi connectivity index (χ0) is 21.0. The van der Waals surface area contributed by atoms with Crippen molar-refractivity contribution in [3.05, 3.63) is 59.6 Å². The molecule has 1 aromatic carbocycles. The molecule has 1 saturated carbocycles. The molecule has 0 amide bonds. The van der Waals surface area contributed by atoms with Gasteiger partial charge in [-0.1, -0.05) is 62.6 Å². The third-order valence-corrected chi connectivity index (χ3v) is 8.46. The van der Waals surface area contributed by atoms with Crippen molar-refractivity contribution >= 4 is 21.4 Å². The number of hydrogen-bond donors (Lipinski definition) is 0. The zero-order valence-corrected chi connectivity index (χ0v) is 19.0. The van der Waals surface area contributed by atoms with Crippen LogP contribution in [0.3, 0.4) is 0 Å².